The van der Waals surface area contributed by atoms with Crippen molar-refractivity contribution >= 4 is 23.3 Å². The Labute approximate surface area is 124 Å². The SMILES string of the molecule is C=C1C2(C(=O)Nc3ccc(Cl)cn3)CCC(C2)C1(C)C. The maximum Gasteiger partial charge on any atom is 0.235 e. The number of pyridine rings is 1. The lowest BCUT2D eigenvalue weighted by molar-refractivity contribution is -0.123. The number of carbonyl (C=O) groups excluding carboxylic acids is 1. The zero-order valence-electron chi connectivity index (χ0n) is 11.9. The Hall–Kier alpha value is -1.35. The highest BCUT2D eigenvalue weighted by Gasteiger charge is 2.60. The van der Waals surface area contributed by atoms with Gasteiger partial charge in [0.1, 0.15) is 5.82 Å². The van der Waals surface area contributed by atoms with Crippen molar-refractivity contribution in [1.29, 1.82) is 0 Å². The van der Waals surface area contributed by atoms with Crippen LogP contribution in [0.3, 0.4) is 0 Å². The van der Waals surface area contributed by atoms with Crippen LogP contribution in [0.5, 0.6) is 0 Å². The molecule has 2 aliphatic rings. The molecule has 0 aromatic carbocycles. The molecule has 2 bridgehead atoms. The van der Waals surface area contributed by atoms with Crippen LogP contribution in [0.25, 0.3) is 0 Å². The standard InChI is InChI=1S/C16H19ClN2O/c1-10-15(2,3)11-6-7-16(10,8-11)14(20)19-13-5-4-12(17)9-18-13/h4-5,9,11H,1,6-8H2,2-3H3,(H,18,19,20). The van der Waals surface area contributed by atoms with Crippen molar-refractivity contribution in [3.8, 4) is 0 Å². The van der Waals surface area contributed by atoms with E-state index in [1.807, 2.05) is 0 Å². The van der Waals surface area contributed by atoms with Gasteiger partial charge in [0.25, 0.3) is 0 Å². The molecule has 2 unspecified atom stereocenters. The Balaban J connectivity index is 1.84. The van der Waals surface area contributed by atoms with Crippen LogP contribution in [-0.2, 0) is 4.79 Å². The van der Waals surface area contributed by atoms with Crippen molar-refractivity contribution in [1.82, 2.24) is 4.98 Å². The van der Waals surface area contributed by atoms with E-state index in [4.69, 9.17) is 11.6 Å². The third-order valence-corrected chi connectivity index (χ3v) is 5.52. The molecule has 1 amide bonds. The average Bonchev–Trinajstić information content (AvgIpc) is 2.93. The second-order valence-corrected chi connectivity index (χ2v) is 6.97. The average molecular weight is 291 g/mol. The summed E-state index contributed by atoms with van der Waals surface area (Å²) in [6, 6.07) is 3.46. The Morgan fingerprint density at radius 3 is 2.80 bits per heavy atom. The summed E-state index contributed by atoms with van der Waals surface area (Å²) in [6.45, 7) is 8.64. The Bertz CT molecular complexity index is 579. The number of rotatable bonds is 2. The first-order chi connectivity index (χ1) is 9.36. The number of aromatic nitrogens is 1. The molecule has 3 rings (SSSR count). The molecule has 2 fully saturated rings. The zero-order valence-corrected chi connectivity index (χ0v) is 12.6. The van der Waals surface area contributed by atoms with Gasteiger partial charge in [-0.15, -0.1) is 0 Å². The minimum absolute atomic E-state index is 0.0328. The third-order valence-electron chi connectivity index (χ3n) is 5.29. The molecule has 20 heavy (non-hydrogen) atoms. The number of nitrogens with zero attached hydrogens (tertiary/aromatic N) is 1. The Morgan fingerprint density at radius 2 is 2.25 bits per heavy atom. The lowest BCUT2D eigenvalue weighted by Gasteiger charge is -2.37. The molecule has 2 aliphatic carbocycles. The van der Waals surface area contributed by atoms with E-state index in [1.165, 1.54) is 0 Å². The fourth-order valence-corrected chi connectivity index (χ4v) is 3.94. The number of fused-ring (bicyclic) bond motifs is 2. The van der Waals surface area contributed by atoms with E-state index in [9.17, 15) is 4.79 Å². The molecule has 1 heterocycles. The van der Waals surface area contributed by atoms with Crippen LogP contribution in [0.15, 0.2) is 30.5 Å². The summed E-state index contributed by atoms with van der Waals surface area (Å²) in [5.41, 5.74) is 0.728. The summed E-state index contributed by atoms with van der Waals surface area (Å²) in [4.78, 5) is 16.9. The van der Waals surface area contributed by atoms with E-state index in [1.54, 1.807) is 18.3 Å². The molecule has 3 nitrogen and oxygen atoms in total. The van der Waals surface area contributed by atoms with Crippen molar-refractivity contribution in [2.75, 3.05) is 5.32 Å². The molecule has 106 valence electrons. The number of anilines is 1. The first-order valence-corrected chi connectivity index (χ1v) is 7.37. The van der Waals surface area contributed by atoms with Crippen LogP contribution >= 0.6 is 11.6 Å². The second-order valence-electron chi connectivity index (χ2n) is 6.54. The van der Waals surface area contributed by atoms with Crippen LogP contribution in [-0.4, -0.2) is 10.9 Å². The van der Waals surface area contributed by atoms with Crippen LogP contribution in [0, 0.1) is 16.7 Å². The fraction of sp³-hybridized carbons (Fsp3) is 0.500. The lowest BCUT2D eigenvalue weighted by atomic mass is 9.68. The molecular weight excluding hydrogens is 272 g/mol. The smallest absolute Gasteiger partial charge is 0.235 e. The van der Waals surface area contributed by atoms with Crippen molar-refractivity contribution in [3.63, 3.8) is 0 Å². The van der Waals surface area contributed by atoms with E-state index in [2.05, 4.69) is 30.7 Å². The fourth-order valence-electron chi connectivity index (χ4n) is 3.83. The minimum atomic E-state index is -0.407. The Morgan fingerprint density at radius 1 is 1.50 bits per heavy atom. The van der Waals surface area contributed by atoms with Crippen LogP contribution in [0.4, 0.5) is 5.82 Å². The van der Waals surface area contributed by atoms with Gasteiger partial charge >= 0.3 is 0 Å². The van der Waals surface area contributed by atoms with Crippen LogP contribution < -0.4 is 5.32 Å². The summed E-state index contributed by atoms with van der Waals surface area (Å²) < 4.78 is 0. The van der Waals surface area contributed by atoms with Gasteiger partial charge in [-0.3, -0.25) is 4.79 Å². The molecule has 0 spiro atoms. The van der Waals surface area contributed by atoms with E-state index >= 15 is 0 Å². The largest absolute Gasteiger partial charge is 0.310 e. The summed E-state index contributed by atoms with van der Waals surface area (Å²) >= 11 is 5.81. The van der Waals surface area contributed by atoms with Crippen molar-refractivity contribution in [2.45, 2.75) is 33.1 Å². The van der Waals surface area contributed by atoms with Gasteiger partial charge in [0.15, 0.2) is 0 Å². The van der Waals surface area contributed by atoms with Gasteiger partial charge in [0.2, 0.25) is 5.91 Å². The molecule has 0 radical (unpaired) electrons. The third kappa shape index (κ3) is 1.80. The number of amides is 1. The molecule has 1 aromatic heterocycles. The van der Waals surface area contributed by atoms with Crippen LogP contribution in [0.2, 0.25) is 5.02 Å². The number of hydrogen-bond donors (Lipinski definition) is 1. The molecule has 1 N–H and O–H groups in total. The van der Waals surface area contributed by atoms with Gasteiger partial charge in [-0.25, -0.2) is 4.98 Å². The normalized spacial score (nSPS) is 30.6. The summed E-state index contributed by atoms with van der Waals surface area (Å²) in [6.07, 6.45) is 4.46. The predicted octanol–water partition coefficient (Wildman–Crippen LogP) is 4.06. The number of halogens is 1. The van der Waals surface area contributed by atoms with Crippen molar-refractivity contribution < 1.29 is 4.79 Å². The van der Waals surface area contributed by atoms with Crippen molar-refractivity contribution in [2.24, 2.45) is 16.7 Å². The molecule has 4 heteroatoms. The molecular formula is C16H19ClN2O. The minimum Gasteiger partial charge on any atom is -0.310 e. The Kier molecular flexibility index (Phi) is 2.94. The van der Waals surface area contributed by atoms with Gasteiger partial charge < -0.3 is 5.32 Å². The highest BCUT2D eigenvalue weighted by atomic mass is 35.5. The first-order valence-electron chi connectivity index (χ1n) is 6.99. The van der Waals surface area contributed by atoms with E-state index in [0.717, 1.165) is 24.8 Å². The topological polar surface area (TPSA) is 42.0 Å². The summed E-state index contributed by atoms with van der Waals surface area (Å²) in [7, 11) is 0. The molecule has 2 atom stereocenters. The van der Waals surface area contributed by atoms with Crippen molar-refractivity contribution in [3.05, 3.63) is 35.5 Å². The van der Waals surface area contributed by atoms with Gasteiger partial charge in [-0.1, -0.05) is 37.6 Å². The number of carbonyl (C=O) groups is 1. The maximum absolute atomic E-state index is 12.7. The van der Waals surface area contributed by atoms with Crippen LogP contribution in [0.1, 0.15) is 33.1 Å². The molecule has 1 aromatic rings. The number of nitrogens with one attached hydrogen (secondary N) is 1. The van der Waals surface area contributed by atoms with Gasteiger partial charge in [-0.05, 0) is 42.7 Å². The monoisotopic (exact) mass is 290 g/mol. The molecule has 0 saturated heterocycles. The number of hydrogen-bond acceptors (Lipinski definition) is 2. The second kappa shape index (κ2) is 4.32. The molecule has 0 aliphatic heterocycles. The van der Waals surface area contributed by atoms with E-state index in [0.29, 0.717) is 16.8 Å². The first kappa shape index (κ1) is 13.6. The maximum atomic E-state index is 12.7. The van der Waals surface area contributed by atoms with E-state index in [-0.39, 0.29) is 11.3 Å². The molecule has 2 saturated carbocycles. The highest BCUT2D eigenvalue weighted by Crippen LogP contribution is 2.65. The highest BCUT2D eigenvalue weighted by molar-refractivity contribution is 6.30. The summed E-state index contributed by atoms with van der Waals surface area (Å²) in [5, 5.41) is 3.49. The zero-order chi connectivity index (χ0) is 14.5. The lowest BCUT2D eigenvalue weighted by Crippen LogP contribution is -2.37. The van der Waals surface area contributed by atoms with E-state index < -0.39 is 5.41 Å². The van der Waals surface area contributed by atoms with Gasteiger partial charge in [0, 0.05) is 6.20 Å². The van der Waals surface area contributed by atoms with Gasteiger partial charge in [-0.2, -0.15) is 0 Å². The van der Waals surface area contributed by atoms with Gasteiger partial charge in [0.05, 0.1) is 10.4 Å². The predicted molar refractivity (Wildman–Crippen MR) is 80.6 cm³/mol. The quantitative estimate of drug-likeness (QED) is 0.835. The summed E-state index contributed by atoms with van der Waals surface area (Å²) in [5.74, 6) is 1.15.